The summed E-state index contributed by atoms with van der Waals surface area (Å²) in [5.41, 5.74) is 0. The molecule has 0 aromatic heterocycles. The van der Waals surface area contributed by atoms with E-state index in [1.165, 1.54) is 0 Å². The minimum Gasteiger partial charge on any atom is -0.853 e. The minimum absolute atomic E-state index is 0. The molecule has 0 aliphatic heterocycles. The molecule has 116 valence electrons. The van der Waals surface area contributed by atoms with Crippen molar-refractivity contribution in [3.05, 3.63) is 0 Å². The smallest absolute Gasteiger partial charge is 0.853 e. The van der Waals surface area contributed by atoms with E-state index in [0.717, 1.165) is 0 Å². The molecule has 0 atom stereocenters. The van der Waals surface area contributed by atoms with Gasteiger partial charge >= 0.3 is 47.8 Å². The topological polar surface area (TPSA) is 32.3 Å². The maximum absolute atomic E-state index is 12.8. The molecule has 0 aliphatic carbocycles. The first-order chi connectivity index (χ1) is 8.22. The van der Waals surface area contributed by atoms with E-state index in [9.17, 15) is 44.6 Å². The van der Waals surface area contributed by atoms with E-state index in [0.29, 0.717) is 0 Å². The zero-order valence-electron chi connectivity index (χ0n) is 10.0. The standard InChI is InChI=1S/C8H8F9O2.Na/c9-5(10,3-6(11,12)8(15,16)17)4-7(13,14)19-2-1-18;/h1-4H2;/q-1;+1. The van der Waals surface area contributed by atoms with Crippen molar-refractivity contribution in [2.45, 2.75) is 37.0 Å². The van der Waals surface area contributed by atoms with Crippen molar-refractivity contribution < 1.29 is 78.9 Å². The van der Waals surface area contributed by atoms with Crippen molar-refractivity contribution in [3.63, 3.8) is 0 Å². The monoisotopic (exact) mass is 330 g/mol. The van der Waals surface area contributed by atoms with E-state index in [4.69, 9.17) is 0 Å². The molecule has 0 unspecified atom stereocenters. The average molecular weight is 330 g/mol. The van der Waals surface area contributed by atoms with Crippen LogP contribution < -0.4 is 34.7 Å². The summed E-state index contributed by atoms with van der Waals surface area (Å²) in [6.45, 7) is -2.39. The van der Waals surface area contributed by atoms with E-state index in [-0.39, 0.29) is 29.6 Å². The Bertz CT molecular complexity index is 292. The molecular formula is C8H8F9NaO2. The molecule has 0 radical (unpaired) electrons. The fourth-order valence-electron chi connectivity index (χ4n) is 1.03. The molecule has 0 N–H and O–H groups in total. The van der Waals surface area contributed by atoms with Crippen LogP contribution in [-0.2, 0) is 4.74 Å². The molecule has 0 spiro atoms. The first-order valence-electron chi connectivity index (χ1n) is 4.65. The van der Waals surface area contributed by atoms with Crippen LogP contribution in [0.3, 0.4) is 0 Å². The molecular weight excluding hydrogens is 322 g/mol. The van der Waals surface area contributed by atoms with Crippen molar-refractivity contribution in [2.24, 2.45) is 0 Å². The SMILES string of the molecule is [Na+].[O-]CCOC(F)(F)CC(F)(F)CC(F)(F)C(F)(F)F. The summed E-state index contributed by atoms with van der Waals surface area (Å²) in [6.07, 6.45) is -16.7. The van der Waals surface area contributed by atoms with Crippen molar-refractivity contribution in [2.75, 3.05) is 13.2 Å². The number of alkyl halides is 9. The largest absolute Gasteiger partial charge is 1.00 e. The molecule has 0 heterocycles. The first kappa shape index (κ1) is 22.6. The third-order valence-electron chi connectivity index (χ3n) is 1.76. The molecule has 0 saturated heterocycles. The molecule has 0 rings (SSSR count). The third kappa shape index (κ3) is 7.91. The van der Waals surface area contributed by atoms with Gasteiger partial charge in [0.05, 0.1) is 6.42 Å². The van der Waals surface area contributed by atoms with E-state index < -0.39 is 50.2 Å². The predicted molar refractivity (Wildman–Crippen MR) is 40.9 cm³/mol. The van der Waals surface area contributed by atoms with Gasteiger partial charge in [-0.3, -0.25) is 0 Å². The minimum atomic E-state index is -6.28. The summed E-state index contributed by atoms with van der Waals surface area (Å²) < 4.78 is 114. The van der Waals surface area contributed by atoms with E-state index in [2.05, 4.69) is 4.74 Å². The second-order valence-electron chi connectivity index (χ2n) is 3.60. The molecule has 2 nitrogen and oxygen atoms in total. The Balaban J connectivity index is 0. The Labute approximate surface area is 129 Å². The molecule has 0 fully saturated rings. The summed E-state index contributed by atoms with van der Waals surface area (Å²) in [6, 6.07) is 0. The molecule has 0 aromatic rings. The summed E-state index contributed by atoms with van der Waals surface area (Å²) in [7, 11) is 0. The fourth-order valence-corrected chi connectivity index (χ4v) is 1.03. The Morgan fingerprint density at radius 3 is 1.60 bits per heavy atom. The Morgan fingerprint density at radius 2 is 1.25 bits per heavy atom. The van der Waals surface area contributed by atoms with Gasteiger partial charge in [-0.25, -0.2) is 8.78 Å². The van der Waals surface area contributed by atoms with Crippen LogP contribution in [-0.4, -0.2) is 37.3 Å². The van der Waals surface area contributed by atoms with Crippen LogP contribution in [0.5, 0.6) is 0 Å². The number of halogens is 9. The van der Waals surface area contributed by atoms with Gasteiger partial charge in [0, 0.05) is 6.61 Å². The van der Waals surface area contributed by atoms with Crippen LogP contribution in [0, 0.1) is 0 Å². The van der Waals surface area contributed by atoms with Gasteiger partial charge in [-0.1, -0.05) is 0 Å². The van der Waals surface area contributed by atoms with E-state index in [1.807, 2.05) is 0 Å². The van der Waals surface area contributed by atoms with Gasteiger partial charge in [-0.15, -0.1) is 6.61 Å². The maximum atomic E-state index is 12.8. The molecule has 12 heteroatoms. The van der Waals surface area contributed by atoms with Crippen LogP contribution in [0.4, 0.5) is 39.5 Å². The van der Waals surface area contributed by atoms with Gasteiger partial charge in [0.25, 0.3) is 5.92 Å². The molecule has 0 amide bonds. The third-order valence-corrected chi connectivity index (χ3v) is 1.76. The van der Waals surface area contributed by atoms with Crippen molar-refractivity contribution in [1.29, 1.82) is 0 Å². The summed E-state index contributed by atoms with van der Waals surface area (Å²) in [5.74, 6) is -10.8. The van der Waals surface area contributed by atoms with Gasteiger partial charge in [0.15, 0.2) is 0 Å². The van der Waals surface area contributed by atoms with Gasteiger partial charge in [-0.05, 0) is 0 Å². The van der Waals surface area contributed by atoms with Gasteiger partial charge < -0.3 is 9.84 Å². The van der Waals surface area contributed by atoms with E-state index >= 15 is 0 Å². The molecule has 0 bridgehead atoms. The van der Waals surface area contributed by atoms with Crippen molar-refractivity contribution in [1.82, 2.24) is 0 Å². The number of hydrogen-bond donors (Lipinski definition) is 0. The normalized spacial score (nSPS) is 14.1. The Morgan fingerprint density at radius 1 is 0.800 bits per heavy atom. The molecule has 0 aromatic carbocycles. The van der Waals surface area contributed by atoms with Gasteiger partial charge in [0.1, 0.15) is 6.42 Å². The number of rotatable bonds is 7. The molecule has 0 saturated carbocycles. The summed E-state index contributed by atoms with van der Waals surface area (Å²) >= 11 is 0. The van der Waals surface area contributed by atoms with E-state index in [1.54, 1.807) is 0 Å². The zero-order chi connectivity index (χ0) is 15.5. The quantitative estimate of drug-likeness (QED) is 0.469. The molecule has 0 aliphatic rings. The Kier molecular flexibility index (Phi) is 8.49. The van der Waals surface area contributed by atoms with Crippen LogP contribution in [0.25, 0.3) is 0 Å². The van der Waals surface area contributed by atoms with Crippen molar-refractivity contribution in [3.8, 4) is 0 Å². The second kappa shape index (κ2) is 7.52. The van der Waals surface area contributed by atoms with Crippen LogP contribution in [0.15, 0.2) is 0 Å². The van der Waals surface area contributed by atoms with Gasteiger partial charge in [0.2, 0.25) is 0 Å². The van der Waals surface area contributed by atoms with Crippen molar-refractivity contribution >= 4 is 0 Å². The summed E-state index contributed by atoms with van der Waals surface area (Å²) in [4.78, 5) is 0. The first-order valence-corrected chi connectivity index (χ1v) is 4.65. The van der Waals surface area contributed by atoms with Crippen LogP contribution in [0.2, 0.25) is 0 Å². The molecule has 20 heavy (non-hydrogen) atoms. The Hall–Kier alpha value is 0.290. The average Bonchev–Trinajstić information content (AvgIpc) is 2.09. The number of ether oxygens (including phenoxy) is 1. The van der Waals surface area contributed by atoms with Crippen LogP contribution >= 0.6 is 0 Å². The predicted octanol–water partition coefficient (Wildman–Crippen LogP) is -0.427. The van der Waals surface area contributed by atoms with Crippen LogP contribution in [0.1, 0.15) is 12.8 Å². The number of hydrogen-bond acceptors (Lipinski definition) is 2. The second-order valence-corrected chi connectivity index (χ2v) is 3.60. The summed E-state index contributed by atoms with van der Waals surface area (Å²) in [5, 5.41) is 9.79. The fraction of sp³-hybridized carbons (Fsp3) is 1.00. The zero-order valence-corrected chi connectivity index (χ0v) is 12.0. The maximum Gasteiger partial charge on any atom is 1.00 e. The van der Waals surface area contributed by atoms with Gasteiger partial charge in [-0.2, -0.15) is 30.7 Å².